The molecular formula is C25H24N4O4S. The molecule has 0 aliphatic heterocycles. The standard InChI is InChI=1S/C25H24N4O4S/c1-17-15-18(2)29(27-17)23-13-6-4-11-21(23)26-25(30)19-9-8-10-20(16-19)34(31,32)28-22-12-5-7-14-24(22)33-3/h4-16,28H,1-3H3,(H,26,30). The van der Waals surface area contributed by atoms with Gasteiger partial charge in [0.1, 0.15) is 5.75 Å². The number of carbonyl (C=O) groups is 1. The molecule has 34 heavy (non-hydrogen) atoms. The molecule has 4 rings (SSSR count). The van der Waals surface area contributed by atoms with Crippen LogP contribution < -0.4 is 14.8 Å². The van der Waals surface area contributed by atoms with Crippen LogP contribution in [0.25, 0.3) is 5.69 Å². The maximum absolute atomic E-state index is 13.0. The zero-order valence-corrected chi connectivity index (χ0v) is 19.8. The maximum atomic E-state index is 13.0. The molecule has 4 aromatic rings. The van der Waals surface area contributed by atoms with Gasteiger partial charge in [0.25, 0.3) is 15.9 Å². The first kappa shape index (κ1) is 23.1. The van der Waals surface area contributed by atoms with Gasteiger partial charge in [-0.1, -0.05) is 30.3 Å². The second-order valence-corrected chi connectivity index (χ2v) is 9.33. The number of rotatable bonds is 7. The molecule has 1 amide bonds. The number of nitrogens with zero attached hydrogens (tertiary/aromatic N) is 2. The summed E-state index contributed by atoms with van der Waals surface area (Å²) in [6, 6.07) is 21.8. The fourth-order valence-electron chi connectivity index (χ4n) is 3.57. The highest BCUT2D eigenvalue weighted by molar-refractivity contribution is 7.92. The number of methoxy groups -OCH3 is 1. The van der Waals surface area contributed by atoms with Crippen LogP contribution in [0.5, 0.6) is 5.75 Å². The summed E-state index contributed by atoms with van der Waals surface area (Å²) in [7, 11) is -2.49. The number of ether oxygens (including phenoxy) is 1. The smallest absolute Gasteiger partial charge is 0.262 e. The average molecular weight is 477 g/mol. The van der Waals surface area contributed by atoms with Gasteiger partial charge in [0.2, 0.25) is 0 Å². The lowest BCUT2D eigenvalue weighted by Crippen LogP contribution is -2.17. The summed E-state index contributed by atoms with van der Waals surface area (Å²) < 4.78 is 35.4. The van der Waals surface area contributed by atoms with Crippen LogP contribution in [0, 0.1) is 13.8 Å². The van der Waals surface area contributed by atoms with Gasteiger partial charge in [0.05, 0.1) is 34.8 Å². The third-order valence-corrected chi connectivity index (χ3v) is 6.51. The molecule has 1 aromatic heterocycles. The van der Waals surface area contributed by atoms with Gasteiger partial charge in [0, 0.05) is 11.3 Å². The predicted molar refractivity (Wildman–Crippen MR) is 131 cm³/mol. The molecule has 0 radical (unpaired) electrons. The first-order chi connectivity index (χ1) is 16.3. The third kappa shape index (κ3) is 4.79. The van der Waals surface area contributed by atoms with Crippen molar-refractivity contribution in [2.45, 2.75) is 18.7 Å². The minimum absolute atomic E-state index is 0.0436. The number of hydrogen-bond acceptors (Lipinski definition) is 5. The molecule has 0 spiro atoms. The number of sulfonamides is 1. The van der Waals surface area contributed by atoms with E-state index < -0.39 is 15.9 Å². The van der Waals surface area contributed by atoms with Crippen molar-refractivity contribution in [1.29, 1.82) is 0 Å². The molecule has 3 aromatic carbocycles. The van der Waals surface area contributed by atoms with Gasteiger partial charge in [-0.15, -0.1) is 0 Å². The molecule has 0 aliphatic carbocycles. The van der Waals surface area contributed by atoms with Crippen molar-refractivity contribution in [3.8, 4) is 11.4 Å². The van der Waals surface area contributed by atoms with E-state index in [1.54, 1.807) is 41.1 Å². The van der Waals surface area contributed by atoms with Crippen LogP contribution in [0.4, 0.5) is 11.4 Å². The molecule has 0 bridgehead atoms. The summed E-state index contributed by atoms with van der Waals surface area (Å²) in [5, 5.41) is 7.36. The van der Waals surface area contributed by atoms with Gasteiger partial charge in [-0.05, 0) is 62.4 Å². The topological polar surface area (TPSA) is 102 Å². The summed E-state index contributed by atoms with van der Waals surface area (Å²) in [5.74, 6) is -0.0518. The quantitative estimate of drug-likeness (QED) is 0.407. The summed E-state index contributed by atoms with van der Waals surface area (Å²) in [5.41, 5.74) is 3.56. The number of amides is 1. The Hall–Kier alpha value is -4.11. The molecule has 0 fully saturated rings. The summed E-state index contributed by atoms with van der Waals surface area (Å²) in [6.07, 6.45) is 0. The van der Waals surface area contributed by atoms with E-state index in [1.807, 2.05) is 38.1 Å². The van der Waals surface area contributed by atoms with Crippen molar-refractivity contribution in [2.75, 3.05) is 17.1 Å². The molecule has 0 atom stereocenters. The molecule has 1 heterocycles. The predicted octanol–water partition coefficient (Wildman–Crippen LogP) is 4.55. The van der Waals surface area contributed by atoms with E-state index in [0.29, 0.717) is 22.8 Å². The molecule has 8 nitrogen and oxygen atoms in total. The first-order valence-electron chi connectivity index (χ1n) is 10.5. The van der Waals surface area contributed by atoms with E-state index in [9.17, 15) is 13.2 Å². The maximum Gasteiger partial charge on any atom is 0.262 e. The van der Waals surface area contributed by atoms with Gasteiger partial charge in [0.15, 0.2) is 0 Å². The molecular weight excluding hydrogens is 452 g/mol. The Morgan fingerprint density at radius 3 is 2.32 bits per heavy atom. The Balaban J connectivity index is 1.61. The monoisotopic (exact) mass is 476 g/mol. The van der Waals surface area contributed by atoms with Crippen LogP contribution in [0.15, 0.2) is 83.8 Å². The van der Waals surface area contributed by atoms with Crippen LogP contribution in [-0.2, 0) is 10.0 Å². The van der Waals surface area contributed by atoms with E-state index in [4.69, 9.17) is 4.74 Å². The van der Waals surface area contributed by atoms with Crippen LogP contribution in [0.3, 0.4) is 0 Å². The average Bonchev–Trinajstić information content (AvgIpc) is 3.17. The van der Waals surface area contributed by atoms with E-state index in [2.05, 4.69) is 15.1 Å². The molecule has 0 saturated heterocycles. The van der Waals surface area contributed by atoms with E-state index in [-0.39, 0.29) is 10.5 Å². The highest BCUT2D eigenvalue weighted by Crippen LogP contribution is 2.27. The lowest BCUT2D eigenvalue weighted by molar-refractivity contribution is 0.102. The lowest BCUT2D eigenvalue weighted by atomic mass is 10.2. The fraction of sp³-hybridized carbons (Fsp3) is 0.120. The van der Waals surface area contributed by atoms with Gasteiger partial charge in [-0.3, -0.25) is 9.52 Å². The number of hydrogen-bond donors (Lipinski definition) is 2. The highest BCUT2D eigenvalue weighted by Gasteiger charge is 2.19. The van der Waals surface area contributed by atoms with Gasteiger partial charge >= 0.3 is 0 Å². The number of benzene rings is 3. The molecule has 174 valence electrons. The summed E-state index contributed by atoms with van der Waals surface area (Å²) >= 11 is 0. The molecule has 9 heteroatoms. The summed E-state index contributed by atoms with van der Waals surface area (Å²) in [4.78, 5) is 13.0. The van der Waals surface area contributed by atoms with Crippen LogP contribution >= 0.6 is 0 Å². The Bertz CT molecular complexity index is 1460. The fourth-order valence-corrected chi connectivity index (χ4v) is 4.68. The van der Waals surface area contributed by atoms with Crippen molar-refractivity contribution in [2.24, 2.45) is 0 Å². The van der Waals surface area contributed by atoms with Crippen LogP contribution in [-0.4, -0.2) is 31.2 Å². The van der Waals surface area contributed by atoms with Gasteiger partial charge < -0.3 is 10.1 Å². The Morgan fingerprint density at radius 2 is 1.62 bits per heavy atom. The van der Waals surface area contributed by atoms with Crippen LogP contribution in [0.2, 0.25) is 0 Å². The normalized spacial score (nSPS) is 11.1. The van der Waals surface area contributed by atoms with Crippen molar-refractivity contribution < 1.29 is 17.9 Å². The zero-order valence-electron chi connectivity index (χ0n) is 18.9. The minimum atomic E-state index is -3.95. The highest BCUT2D eigenvalue weighted by atomic mass is 32.2. The van der Waals surface area contributed by atoms with Crippen molar-refractivity contribution in [1.82, 2.24) is 9.78 Å². The Labute approximate surface area is 198 Å². The molecule has 0 saturated carbocycles. The van der Waals surface area contributed by atoms with Gasteiger partial charge in [-0.25, -0.2) is 13.1 Å². The SMILES string of the molecule is COc1ccccc1NS(=O)(=O)c1cccc(C(=O)Nc2ccccc2-n2nc(C)cc2C)c1. The largest absolute Gasteiger partial charge is 0.495 e. The zero-order chi connectivity index (χ0) is 24.3. The Kier molecular flexibility index (Phi) is 6.38. The second-order valence-electron chi connectivity index (χ2n) is 7.64. The number of para-hydroxylation sites is 4. The number of carbonyl (C=O) groups excluding carboxylic acids is 1. The first-order valence-corrected chi connectivity index (χ1v) is 12.0. The number of aromatic nitrogens is 2. The Morgan fingerprint density at radius 1 is 0.912 bits per heavy atom. The van der Waals surface area contributed by atoms with Crippen molar-refractivity contribution >= 4 is 27.3 Å². The number of nitrogens with one attached hydrogen (secondary N) is 2. The van der Waals surface area contributed by atoms with Crippen molar-refractivity contribution in [3.05, 3.63) is 95.8 Å². The van der Waals surface area contributed by atoms with Crippen LogP contribution in [0.1, 0.15) is 21.7 Å². The molecule has 2 N–H and O–H groups in total. The van der Waals surface area contributed by atoms with E-state index in [1.165, 1.54) is 25.3 Å². The lowest BCUT2D eigenvalue weighted by Gasteiger charge is -2.14. The number of aryl methyl sites for hydroxylation is 2. The molecule has 0 unspecified atom stereocenters. The minimum Gasteiger partial charge on any atom is -0.495 e. The van der Waals surface area contributed by atoms with E-state index in [0.717, 1.165) is 11.4 Å². The van der Waals surface area contributed by atoms with Gasteiger partial charge in [-0.2, -0.15) is 5.10 Å². The van der Waals surface area contributed by atoms with E-state index >= 15 is 0 Å². The van der Waals surface area contributed by atoms with Crippen molar-refractivity contribution in [3.63, 3.8) is 0 Å². The summed E-state index contributed by atoms with van der Waals surface area (Å²) in [6.45, 7) is 3.83. The third-order valence-electron chi connectivity index (χ3n) is 5.15. The second kappa shape index (κ2) is 9.40. The molecule has 0 aliphatic rings. The number of anilines is 2.